The highest BCUT2D eigenvalue weighted by molar-refractivity contribution is 7.98. The molecule has 0 spiro atoms. The summed E-state index contributed by atoms with van der Waals surface area (Å²) in [7, 11) is 0. The van der Waals surface area contributed by atoms with Crippen molar-refractivity contribution in [3.63, 3.8) is 0 Å². The molecule has 132 valence electrons. The second-order valence-electron chi connectivity index (χ2n) is 5.80. The molecule has 1 aliphatic rings. The van der Waals surface area contributed by atoms with Crippen molar-refractivity contribution in [3.8, 4) is 0 Å². The SMILES string of the molecule is CSc1ccc(Cl)c(C(=O)N2CCCC2C(=O)NCc2ccco2)c1. The molecule has 1 atom stereocenters. The van der Waals surface area contributed by atoms with Crippen molar-refractivity contribution in [3.05, 3.63) is 52.9 Å². The molecule has 1 unspecified atom stereocenters. The minimum Gasteiger partial charge on any atom is -0.467 e. The van der Waals surface area contributed by atoms with Crippen LogP contribution in [0.1, 0.15) is 29.0 Å². The first-order chi connectivity index (χ1) is 12.1. The summed E-state index contributed by atoms with van der Waals surface area (Å²) in [5.74, 6) is 0.316. The third-order valence-electron chi connectivity index (χ3n) is 4.24. The van der Waals surface area contributed by atoms with Gasteiger partial charge in [-0.3, -0.25) is 9.59 Å². The fourth-order valence-corrected chi connectivity index (χ4v) is 3.58. The summed E-state index contributed by atoms with van der Waals surface area (Å²) >= 11 is 7.76. The van der Waals surface area contributed by atoms with Gasteiger partial charge in [0.15, 0.2) is 0 Å². The van der Waals surface area contributed by atoms with E-state index in [2.05, 4.69) is 5.32 Å². The van der Waals surface area contributed by atoms with Crippen molar-refractivity contribution in [1.82, 2.24) is 10.2 Å². The van der Waals surface area contributed by atoms with Gasteiger partial charge in [-0.15, -0.1) is 11.8 Å². The number of thioether (sulfide) groups is 1. The highest BCUT2D eigenvalue weighted by Crippen LogP contribution is 2.27. The maximum atomic E-state index is 12.9. The van der Waals surface area contributed by atoms with E-state index in [-0.39, 0.29) is 11.8 Å². The standard InChI is InChI=1S/C18H19ClN2O3S/c1-25-13-6-7-15(19)14(10-13)18(23)21-8-2-5-16(21)17(22)20-11-12-4-3-9-24-12/h3-4,6-7,9-10,16H,2,5,8,11H2,1H3,(H,20,22). The van der Waals surface area contributed by atoms with Gasteiger partial charge < -0.3 is 14.6 Å². The van der Waals surface area contributed by atoms with E-state index in [9.17, 15) is 9.59 Å². The maximum Gasteiger partial charge on any atom is 0.256 e. The van der Waals surface area contributed by atoms with Gasteiger partial charge in [-0.05, 0) is 49.4 Å². The van der Waals surface area contributed by atoms with Gasteiger partial charge in [0.1, 0.15) is 11.8 Å². The van der Waals surface area contributed by atoms with Crippen LogP contribution >= 0.6 is 23.4 Å². The Morgan fingerprint density at radius 2 is 2.24 bits per heavy atom. The Kier molecular flexibility index (Phi) is 5.71. The lowest BCUT2D eigenvalue weighted by atomic mass is 10.1. The molecule has 0 aliphatic carbocycles. The molecular weight excluding hydrogens is 360 g/mol. The van der Waals surface area contributed by atoms with E-state index in [1.165, 1.54) is 0 Å². The summed E-state index contributed by atoms with van der Waals surface area (Å²) in [6, 6.07) is 8.48. The normalized spacial score (nSPS) is 16.9. The molecule has 1 aromatic heterocycles. The Labute approximate surface area is 155 Å². The van der Waals surface area contributed by atoms with Gasteiger partial charge in [0, 0.05) is 11.4 Å². The van der Waals surface area contributed by atoms with E-state index in [1.54, 1.807) is 47.2 Å². The van der Waals surface area contributed by atoms with Gasteiger partial charge in [-0.2, -0.15) is 0 Å². The van der Waals surface area contributed by atoms with Crippen molar-refractivity contribution in [2.75, 3.05) is 12.8 Å². The molecule has 1 fully saturated rings. The Morgan fingerprint density at radius 1 is 1.40 bits per heavy atom. The molecule has 3 rings (SSSR count). The third kappa shape index (κ3) is 4.02. The number of nitrogens with one attached hydrogen (secondary N) is 1. The Balaban J connectivity index is 1.72. The zero-order valence-electron chi connectivity index (χ0n) is 13.8. The van der Waals surface area contributed by atoms with Crippen LogP contribution in [-0.2, 0) is 11.3 Å². The van der Waals surface area contributed by atoms with E-state index >= 15 is 0 Å². The van der Waals surface area contributed by atoms with E-state index in [0.717, 1.165) is 11.3 Å². The van der Waals surface area contributed by atoms with Crippen LogP contribution in [0, 0.1) is 0 Å². The molecule has 0 saturated carbocycles. The summed E-state index contributed by atoms with van der Waals surface area (Å²) in [6.45, 7) is 0.866. The predicted molar refractivity (Wildman–Crippen MR) is 97.8 cm³/mol. The second kappa shape index (κ2) is 7.97. The minimum atomic E-state index is -0.475. The second-order valence-corrected chi connectivity index (χ2v) is 7.09. The summed E-state index contributed by atoms with van der Waals surface area (Å²) in [6.07, 6.45) is 4.95. The molecular formula is C18H19ClN2O3S. The summed E-state index contributed by atoms with van der Waals surface area (Å²) in [5.41, 5.74) is 0.444. The van der Waals surface area contributed by atoms with Crippen molar-refractivity contribution < 1.29 is 14.0 Å². The summed E-state index contributed by atoms with van der Waals surface area (Å²) in [4.78, 5) is 28.0. The van der Waals surface area contributed by atoms with Crippen LogP contribution < -0.4 is 5.32 Å². The van der Waals surface area contributed by atoms with Crippen molar-refractivity contribution >= 4 is 35.2 Å². The Hall–Kier alpha value is -1.92. The van der Waals surface area contributed by atoms with E-state index < -0.39 is 6.04 Å². The maximum absolute atomic E-state index is 12.9. The molecule has 0 radical (unpaired) electrons. The summed E-state index contributed by atoms with van der Waals surface area (Å²) < 4.78 is 5.22. The van der Waals surface area contributed by atoms with Gasteiger partial charge in [-0.1, -0.05) is 11.6 Å². The largest absolute Gasteiger partial charge is 0.467 e. The molecule has 0 bridgehead atoms. The molecule has 7 heteroatoms. The number of carbonyl (C=O) groups is 2. The number of furan rings is 1. The number of hydrogen-bond acceptors (Lipinski definition) is 4. The van der Waals surface area contributed by atoms with Crippen LogP contribution in [0.5, 0.6) is 0 Å². The van der Waals surface area contributed by atoms with Crippen LogP contribution in [-0.4, -0.2) is 35.6 Å². The number of hydrogen-bond donors (Lipinski definition) is 1. The minimum absolute atomic E-state index is 0.167. The summed E-state index contributed by atoms with van der Waals surface area (Å²) in [5, 5.41) is 3.24. The Morgan fingerprint density at radius 3 is 2.96 bits per heavy atom. The van der Waals surface area contributed by atoms with Crippen molar-refractivity contribution in [2.45, 2.75) is 30.3 Å². The van der Waals surface area contributed by atoms with Gasteiger partial charge in [0.05, 0.1) is 23.4 Å². The van der Waals surface area contributed by atoms with Crippen LogP contribution in [0.4, 0.5) is 0 Å². The van der Waals surface area contributed by atoms with E-state index in [0.29, 0.717) is 35.9 Å². The highest BCUT2D eigenvalue weighted by atomic mass is 35.5. The topological polar surface area (TPSA) is 62.6 Å². The predicted octanol–water partition coefficient (Wildman–Crippen LogP) is 3.58. The number of rotatable bonds is 5. The molecule has 2 heterocycles. The average Bonchev–Trinajstić information content (AvgIpc) is 3.31. The lowest BCUT2D eigenvalue weighted by molar-refractivity contribution is -0.125. The smallest absolute Gasteiger partial charge is 0.256 e. The molecule has 1 aliphatic heterocycles. The lowest BCUT2D eigenvalue weighted by Crippen LogP contribution is -2.45. The molecule has 25 heavy (non-hydrogen) atoms. The number of carbonyl (C=O) groups excluding carboxylic acids is 2. The number of nitrogens with zero attached hydrogens (tertiary/aromatic N) is 1. The molecule has 1 aromatic carbocycles. The quantitative estimate of drug-likeness (QED) is 0.808. The number of amides is 2. The highest BCUT2D eigenvalue weighted by Gasteiger charge is 2.35. The van der Waals surface area contributed by atoms with Crippen LogP contribution in [0.3, 0.4) is 0 Å². The molecule has 2 amide bonds. The number of likely N-dealkylation sites (tertiary alicyclic amines) is 1. The third-order valence-corrected chi connectivity index (χ3v) is 5.29. The molecule has 2 aromatic rings. The zero-order chi connectivity index (χ0) is 17.8. The molecule has 1 saturated heterocycles. The fraction of sp³-hybridized carbons (Fsp3) is 0.333. The zero-order valence-corrected chi connectivity index (χ0v) is 15.4. The van der Waals surface area contributed by atoms with E-state index in [4.69, 9.17) is 16.0 Å². The Bertz CT molecular complexity index is 764. The first-order valence-electron chi connectivity index (χ1n) is 8.04. The van der Waals surface area contributed by atoms with E-state index in [1.807, 2.05) is 12.3 Å². The number of halogens is 1. The first kappa shape index (κ1) is 17.9. The van der Waals surface area contributed by atoms with Crippen LogP contribution in [0.25, 0.3) is 0 Å². The van der Waals surface area contributed by atoms with Gasteiger partial charge >= 0.3 is 0 Å². The molecule has 5 nitrogen and oxygen atoms in total. The average molecular weight is 379 g/mol. The lowest BCUT2D eigenvalue weighted by Gasteiger charge is -2.24. The van der Waals surface area contributed by atoms with Crippen LogP contribution in [0.2, 0.25) is 5.02 Å². The van der Waals surface area contributed by atoms with Crippen LogP contribution in [0.15, 0.2) is 45.9 Å². The molecule has 1 N–H and O–H groups in total. The number of benzene rings is 1. The van der Waals surface area contributed by atoms with Crippen molar-refractivity contribution in [2.24, 2.45) is 0 Å². The fourth-order valence-electron chi connectivity index (χ4n) is 2.94. The first-order valence-corrected chi connectivity index (χ1v) is 9.65. The monoisotopic (exact) mass is 378 g/mol. The van der Waals surface area contributed by atoms with Gasteiger partial charge in [0.2, 0.25) is 5.91 Å². The van der Waals surface area contributed by atoms with Gasteiger partial charge in [0.25, 0.3) is 5.91 Å². The van der Waals surface area contributed by atoms with Crippen molar-refractivity contribution in [1.29, 1.82) is 0 Å². The van der Waals surface area contributed by atoms with Gasteiger partial charge in [-0.25, -0.2) is 0 Å².